The molecule has 1 aromatic carbocycles. The lowest BCUT2D eigenvalue weighted by Gasteiger charge is -2.07. The molecule has 2 aromatic heterocycles. The zero-order valence-electron chi connectivity index (χ0n) is 14.8. The molecule has 0 aliphatic heterocycles. The average Bonchev–Trinajstić information content (AvgIpc) is 2.60. The summed E-state index contributed by atoms with van der Waals surface area (Å²) in [6, 6.07) is 5.84. The first-order chi connectivity index (χ1) is 11.4. The molecule has 2 heterocycles. The van der Waals surface area contributed by atoms with Crippen molar-refractivity contribution in [3.05, 3.63) is 83.3 Å². The average molecular weight is 253 g/mol. The second kappa shape index (κ2) is 4.90. The van der Waals surface area contributed by atoms with Crippen molar-refractivity contribution in [2.24, 2.45) is 0 Å². The van der Waals surface area contributed by atoms with Gasteiger partial charge in [0.2, 0.25) is 0 Å². The Balaban J connectivity index is 2.30. The molecule has 0 unspecified atom stereocenters. The molecular weight excluding hydrogens is 236 g/mol. The lowest BCUT2D eigenvalue weighted by atomic mass is 10.2. The van der Waals surface area contributed by atoms with Gasteiger partial charge in [0, 0.05) is 29.7 Å². The van der Waals surface area contributed by atoms with E-state index in [2.05, 4.69) is 4.98 Å². The monoisotopic (exact) mass is 253 g/mol. The van der Waals surface area contributed by atoms with Gasteiger partial charge in [0.15, 0.2) is 0 Å². The van der Waals surface area contributed by atoms with Gasteiger partial charge in [0.05, 0.1) is 12.5 Å². The van der Waals surface area contributed by atoms with Gasteiger partial charge in [-0.2, -0.15) is 0 Å². The molecular formula is C16H12N2O. The minimum atomic E-state index is -0.498. The zero-order valence-corrected chi connectivity index (χ0v) is 9.84. The summed E-state index contributed by atoms with van der Waals surface area (Å²) in [7, 11) is 0. The van der Waals surface area contributed by atoms with E-state index in [0.29, 0.717) is 11.3 Å². The Morgan fingerprint density at radius 3 is 2.63 bits per heavy atom. The third-order valence-electron chi connectivity index (χ3n) is 2.60. The standard InChI is InChI=1S/C16H12N2O/c19-16-10-9-13(15-8-4-5-11-17-15)12-18(16)14-6-2-1-3-7-14/h1-12H/i1D,2D,3D,6D,7D. The first-order valence-electron chi connectivity index (χ1n) is 8.13. The maximum absolute atomic E-state index is 12.2. The Morgan fingerprint density at radius 2 is 1.89 bits per heavy atom. The molecule has 0 bridgehead atoms. The van der Waals surface area contributed by atoms with E-state index in [1.165, 1.54) is 12.3 Å². The molecule has 0 aliphatic rings. The summed E-state index contributed by atoms with van der Waals surface area (Å²) >= 11 is 0. The molecule has 0 saturated carbocycles. The predicted molar refractivity (Wildman–Crippen MR) is 75.3 cm³/mol. The SMILES string of the molecule is [2H]c1c([2H])c([2H])c(-n2cc(-c3ccccn3)ccc2=O)c([2H])c1[2H]. The molecule has 0 aliphatic carbocycles. The van der Waals surface area contributed by atoms with Crippen LogP contribution in [0.5, 0.6) is 0 Å². The highest BCUT2D eigenvalue weighted by atomic mass is 16.1. The van der Waals surface area contributed by atoms with Gasteiger partial charge in [0.1, 0.15) is 0 Å². The van der Waals surface area contributed by atoms with E-state index >= 15 is 0 Å². The van der Waals surface area contributed by atoms with E-state index in [1.807, 2.05) is 0 Å². The Hall–Kier alpha value is -2.68. The third kappa shape index (κ3) is 2.31. The minimum Gasteiger partial charge on any atom is -0.284 e. The number of pyridine rings is 2. The van der Waals surface area contributed by atoms with Crippen LogP contribution >= 0.6 is 0 Å². The van der Waals surface area contributed by atoms with Crippen LogP contribution < -0.4 is 5.56 Å². The summed E-state index contributed by atoms with van der Waals surface area (Å²) in [6.07, 6.45) is 3.04. The van der Waals surface area contributed by atoms with Crippen molar-refractivity contribution in [3.8, 4) is 16.9 Å². The van der Waals surface area contributed by atoms with Crippen LogP contribution in [0.4, 0.5) is 0 Å². The van der Waals surface area contributed by atoms with Crippen LogP contribution in [0.15, 0.2) is 77.7 Å². The van der Waals surface area contributed by atoms with Crippen LogP contribution in [0.3, 0.4) is 0 Å². The van der Waals surface area contributed by atoms with Crippen molar-refractivity contribution in [2.75, 3.05) is 0 Å². The van der Waals surface area contributed by atoms with E-state index in [0.717, 1.165) is 4.57 Å². The highest BCUT2D eigenvalue weighted by Crippen LogP contribution is 2.15. The fourth-order valence-corrected chi connectivity index (χ4v) is 1.71. The highest BCUT2D eigenvalue weighted by Gasteiger charge is 2.03. The number of rotatable bonds is 2. The van der Waals surface area contributed by atoms with Crippen molar-refractivity contribution in [1.29, 1.82) is 0 Å². The van der Waals surface area contributed by atoms with Crippen LogP contribution in [0, 0.1) is 0 Å². The van der Waals surface area contributed by atoms with Crippen LogP contribution in [-0.4, -0.2) is 9.55 Å². The topological polar surface area (TPSA) is 34.9 Å². The number of para-hydroxylation sites is 1. The maximum atomic E-state index is 12.2. The highest BCUT2D eigenvalue weighted by molar-refractivity contribution is 5.58. The Labute approximate surface area is 117 Å². The van der Waals surface area contributed by atoms with Gasteiger partial charge in [0.25, 0.3) is 5.56 Å². The fourth-order valence-electron chi connectivity index (χ4n) is 1.71. The van der Waals surface area contributed by atoms with Crippen LogP contribution in [0.25, 0.3) is 16.9 Å². The summed E-state index contributed by atoms with van der Waals surface area (Å²) in [5.41, 5.74) is 0.539. The number of aromatic nitrogens is 2. The minimum absolute atomic E-state index is 0.177. The van der Waals surface area contributed by atoms with Gasteiger partial charge in [-0.3, -0.25) is 14.3 Å². The molecule has 0 amide bonds. The van der Waals surface area contributed by atoms with Crippen molar-refractivity contribution in [3.63, 3.8) is 0 Å². The largest absolute Gasteiger partial charge is 0.284 e. The molecule has 0 N–H and O–H groups in total. The Bertz CT molecular complexity index is 957. The number of hydrogen-bond donors (Lipinski definition) is 0. The summed E-state index contributed by atoms with van der Waals surface area (Å²) in [4.78, 5) is 16.4. The zero-order chi connectivity index (χ0) is 17.4. The third-order valence-corrected chi connectivity index (χ3v) is 2.60. The van der Waals surface area contributed by atoms with Crippen molar-refractivity contribution in [2.45, 2.75) is 0 Å². The van der Waals surface area contributed by atoms with Crippen molar-refractivity contribution >= 4 is 0 Å². The molecule has 19 heavy (non-hydrogen) atoms. The molecule has 3 nitrogen and oxygen atoms in total. The maximum Gasteiger partial charge on any atom is 0.255 e. The second-order valence-electron chi connectivity index (χ2n) is 3.81. The first-order valence-corrected chi connectivity index (χ1v) is 5.63. The van der Waals surface area contributed by atoms with Crippen molar-refractivity contribution in [1.82, 2.24) is 9.55 Å². The quantitative estimate of drug-likeness (QED) is 0.704. The number of benzene rings is 1. The van der Waals surface area contributed by atoms with E-state index in [1.54, 1.807) is 30.5 Å². The van der Waals surface area contributed by atoms with Gasteiger partial charge in [-0.25, -0.2) is 0 Å². The van der Waals surface area contributed by atoms with E-state index in [4.69, 9.17) is 6.85 Å². The fraction of sp³-hybridized carbons (Fsp3) is 0. The first kappa shape index (κ1) is 7.04. The lowest BCUT2D eigenvalue weighted by molar-refractivity contribution is 0.991. The molecule has 3 heteroatoms. The van der Waals surface area contributed by atoms with Gasteiger partial charge >= 0.3 is 0 Å². The summed E-state index contributed by atoms with van der Waals surface area (Å²) in [5.74, 6) is 0. The Kier molecular flexibility index (Phi) is 1.82. The van der Waals surface area contributed by atoms with Gasteiger partial charge in [-0.05, 0) is 30.3 Å². The molecule has 0 saturated heterocycles. The van der Waals surface area contributed by atoms with E-state index < -0.39 is 35.8 Å². The van der Waals surface area contributed by atoms with Gasteiger partial charge in [-0.15, -0.1) is 0 Å². The van der Waals surface area contributed by atoms with Crippen LogP contribution in [0.1, 0.15) is 6.85 Å². The molecule has 0 spiro atoms. The van der Waals surface area contributed by atoms with Gasteiger partial charge in [-0.1, -0.05) is 24.2 Å². The summed E-state index contributed by atoms with van der Waals surface area (Å²) < 4.78 is 40.2. The number of hydrogen-bond acceptors (Lipinski definition) is 2. The summed E-state index contributed by atoms with van der Waals surface area (Å²) in [6.45, 7) is 0. The molecule has 3 rings (SSSR count). The summed E-state index contributed by atoms with van der Waals surface area (Å²) in [5, 5.41) is 0. The Morgan fingerprint density at radius 1 is 1.05 bits per heavy atom. The molecule has 92 valence electrons. The van der Waals surface area contributed by atoms with E-state index in [-0.39, 0.29) is 5.69 Å². The van der Waals surface area contributed by atoms with E-state index in [9.17, 15) is 4.79 Å². The second-order valence-corrected chi connectivity index (χ2v) is 3.81. The van der Waals surface area contributed by atoms with Crippen molar-refractivity contribution < 1.29 is 6.85 Å². The molecule has 0 fully saturated rings. The smallest absolute Gasteiger partial charge is 0.255 e. The lowest BCUT2D eigenvalue weighted by Crippen LogP contribution is -2.16. The van der Waals surface area contributed by atoms with Crippen LogP contribution in [-0.2, 0) is 0 Å². The molecule has 0 atom stereocenters. The number of nitrogens with zero attached hydrogens (tertiary/aromatic N) is 2. The van der Waals surface area contributed by atoms with Crippen LogP contribution in [0.2, 0.25) is 0 Å². The normalized spacial score (nSPS) is 14.0. The molecule has 3 aromatic rings. The van der Waals surface area contributed by atoms with Gasteiger partial charge < -0.3 is 0 Å². The predicted octanol–water partition coefficient (Wildman–Crippen LogP) is 2.90. The molecule has 0 radical (unpaired) electrons.